The molecule has 0 unspecified atom stereocenters. The van der Waals surface area contributed by atoms with Gasteiger partial charge in [-0.3, -0.25) is 4.79 Å². The van der Waals surface area contributed by atoms with E-state index in [0.29, 0.717) is 41.7 Å². The number of carboxylic acid groups (broad SMARTS) is 1. The van der Waals surface area contributed by atoms with Gasteiger partial charge in [0.1, 0.15) is 0 Å². The molecule has 7 heteroatoms. The van der Waals surface area contributed by atoms with Crippen LogP contribution in [-0.2, 0) is 0 Å². The molecule has 0 aliphatic carbocycles. The standard InChI is InChI=1S/C19H21NO6/c1-4-25-16-11-13(10-15(24-3)17(16)26-5-2)18(21)20-14-8-6-12(7-9-14)19(22)23/h6-11H,4-5H2,1-3H3,(H,20,21)(H,22,23). The van der Waals surface area contributed by atoms with Gasteiger partial charge in [0.05, 0.1) is 25.9 Å². The Hall–Kier alpha value is -3.22. The first kappa shape index (κ1) is 19.1. The number of amides is 1. The second-order valence-corrected chi connectivity index (χ2v) is 5.21. The van der Waals surface area contributed by atoms with E-state index < -0.39 is 5.97 Å². The summed E-state index contributed by atoms with van der Waals surface area (Å²) >= 11 is 0. The van der Waals surface area contributed by atoms with Gasteiger partial charge in [-0.05, 0) is 50.2 Å². The van der Waals surface area contributed by atoms with Crippen LogP contribution in [0.2, 0.25) is 0 Å². The number of carbonyl (C=O) groups is 2. The number of rotatable bonds is 8. The number of ether oxygens (including phenoxy) is 3. The van der Waals surface area contributed by atoms with E-state index in [4.69, 9.17) is 19.3 Å². The van der Waals surface area contributed by atoms with E-state index in [9.17, 15) is 9.59 Å². The molecule has 0 heterocycles. The third-order valence-corrected chi connectivity index (χ3v) is 3.48. The summed E-state index contributed by atoms with van der Waals surface area (Å²) in [5.74, 6) is -0.153. The van der Waals surface area contributed by atoms with Gasteiger partial charge in [-0.1, -0.05) is 0 Å². The van der Waals surface area contributed by atoms with Gasteiger partial charge in [-0.15, -0.1) is 0 Å². The number of anilines is 1. The SMILES string of the molecule is CCOc1cc(C(=O)Nc2ccc(C(=O)O)cc2)cc(OC)c1OCC. The second-order valence-electron chi connectivity index (χ2n) is 5.21. The molecule has 138 valence electrons. The second kappa shape index (κ2) is 8.75. The molecule has 0 saturated heterocycles. The van der Waals surface area contributed by atoms with Crippen molar-refractivity contribution in [3.63, 3.8) is 0 Å². The number of hydrogen-bond donors (Lipinski definition) is 2. The summed E-state index contributed by atoms with van der Waals surface area (Å²) in [5.41, 5.74) is 0.950. The number of benzene rings is 2. The lowest BCUT2D eigenvalue weighted by Crippen LogP contribution is -2.13. The summed E-state index contributed by atoms with van der Waals surface area (Å²) < 4.78 is 16.4. The molecule has 0 saturated carbocycles. The molecule has 2 rings (SSSR count). The van der Waals surface area contributed by atoms with Gasteiger partial charge in [0, 0.05) is 11.3 Å². The summed E-state index contributed by atoms with van der Waals surface area (Å²) in [6, 6.07) is 9.03. The fraction of sp³-hybridized carbons (Fsp3) is 0.263. The fourth-order valence-corrected chi connectivity index (χ4v) is 2.31. The van der Waals surface area contributed by atoms with Gasteiger partial charge < -0.3 is 24.6 Å². The summed E-state index contributed by atoms with van der Waals surface area (Å²) in [5, 5.41) is 11.6. The van der Waals surface area contributed by atoms with Crippen LogP contribution in [0.25, 0.3) is 0 Å². The lowest BCUT2D eigenvalue weighted by atomic mass is 10.1. The Morgan fingerprint density at radius 2 is 1.58 bits per heavy atom. The number of hydrogen-bond acceptors (Lipinski definition) is 5. The molecule has 0 aliphatic rings. The van der Waals surface area contributed by atoms with Crippen molar-refractivity contribution in [2.24, 2.45) is 0 Å². The van der Waals surface area contributed by atoms with Crippen molar-refractivity contribution in [2.45, 2.75) is 13.8 Å². The first-order valence-electron chi connectivity index (χ1n) is 8.12. The van der Waals surface area contributed by atoms with Crippen molar-refractivity contribution < 1.29 is 28.9 Å². The molecule has 0 atom stereocenters. The minimum Gasteiger partial charge on any atom is -0.493 e. The maximum Gasteiger partial charge on any atom is 0.335 e. The maximum atomic E-state index is 12.5. The Kier molecular flexibility index (Phi) is 6.43. The van der Waals surface area contributed by atoms with E-state index in [0.717, 1.165) is 0 Å². The molecule has 0 fully saturated rings. The number of carbonyl (C=O) groups excluding carboxylic acids is 1. The van der Waals surface area contributed by atoms with Crippen LogP contribution in [0.5, 0.6) is 17.2 Å². The lowest BCUT2D eigenvalue weighted by Gasteiger charge is -2.16. The minimum absolute atomic E-state index is 0.143. The third kappa shape index (κ3) is 4.44. The third-order valence-electron chi connectivity index (χ3n) is 3.48. The predicted molar refractivity (Wildman–Crippen MR) is 96.7 cm³/mol. The van der Waals surface area contributed by atoms with E-state index in [-0.39, 0.29) is 11.5 Å². The van der Waals surface area contributed by atoms with Crippen LogP contribution in [0.3, 0.4) is 0 Å². The molecule has 0 bridgehead atoms. The minimum atomic E-state index is -1.03. The number of carboxylic acids is 1. The van der Waals surface area contributed by atoms with Crippen molar-refractivity contribution in [1.82, 2.24) is 0 Å². The van der Waals surface area contributed by atoms with Gasteiger partial charge in [0.25, 0.3) is 5.91 Å². The molecular formula is C19H21NO6. The zero-order valence-electron chi connectivity index (χ0n) is 14.9. The van der Waals surface area contributed by atoms with Crippen molar-refractivity contribution in [3.8, 4) is 17.2 Å². The van der Waals surface area contributed by atoms with Gasteiger partial charge in [-0.2, -0.15) is 0 Å². The molecule has 26 heavy (non-hydrogen) atoms. The van der Waals surface area contributed by atoms with E-state index in [1.165, 1.54) is 31.4 Å². The number of nitrogens with one attached hydrogen (secondary N) is 1. The molecule has 1 amide bonds. The number of aromatic carboxylic acids is 1. The van der Waals surface area contributed by atoms with Crippen LogP contribution < -0.4 is 19.5 Å². The Balaban J connectivity index is 2.29. The molecule has 2 N–H and O–H groups in total. The average Bonchev–Trinajstić information content (AvgIpc) is 2.63. The summed E-state index contributed by atoms with van der Waals surface area (Å²) in [4.78, 5) is 23.4. The topological polar surface area (TPSA) is 94.1 Å². The van der Waals surface area contributed by atoms with Crippen molar-refractivity contribution in [3.05, 3.63) is 47.5 Å². The maximum absolute atomic E-state index is 12.5. The smallest absolute Gasteiger partial charge is 0.335 e. The lowest BCUT2D eigenvalue weighted by molar-refractivity contribution is 0.0696. The highest BCUT2D eigenvalue weighted by Gasteiger charge is 2.18. The zero-order valence-corrected chi connectivity index (χ0v) is 14.9. The van der Waals surface area contributed by atoms with E-state index in [1.807, 2.05) is 13.8 Å². The molecule has 2 aromatic rings. The first-order valence-corrected chi connectivity index (χ1v) is 8.12. The summed E-state index contributed by atoms with van der Waals surface area (Å²) in [7, 11) is 1.49. The van der Waals surface area contributed by atoms with Crippen molar-refractivity contribution >= 4 is 17.6 Å². The normalized spacial score (nSPS) is 10.1. The van der Waals surface area contributed by atoms with Crippen LogP contribution in [0, 0.1) is 0 Å². The Morgan fingerprint density at radius 3 is 2.12 bits per heavy atom. The molecule has 0 spiro atoms. The largest absolute Gasteiger partial charge is 0.493 e. The summed E-state index contributed by atoms with van der Waals surface area (Å²) in [6.45, 7) is 4.51. The van der Waals surface area contributed by atoms with Gasteiger partial charge >= 0.3 is 5.97 Å². The van der Waals surface area contributed by atoms with Crippen LogP contribution in [0.4, 0.5) is 5.69 Å². The highest BCUT2D eigenvalue weighted by atomic mass is 16.5. The van der Waals surface area contributed by atoms with E-state index in [1.54, 1.807) is 12.1 Å². The fourth-order valence-electron chi connectivity index (χ4n) is 2.31. The zero-order chi connectivity index (χ0) is 19.1. The molecular weight excluding hydrogens is 338 g/mol. The molecule has 2 aromatic carbocycles. The summed E-state index contributed by atoms with van der Waals surface area (Å²) in [6.07, 6.45) is 0. The first-order chi connectivity index (χ1) is 12.5. The van der Waals surface area contributed by atoms with Crippen molar-refractivity contribution in [1.29, 1.82) is 0 Å². The predicted octanol–water partition coefficient (Wildman–Crippen LogP) is 3.44. The monoisotopic (exact) mass is 359 g/mol. The van der Waals surface area contributed by atoms with Crippen molar-refractivity contribution in [2.75, 3.05) is 25.6 Å². The van der Waals surface area contributed by atoms with Crippen LogP contribution >= 0.6 is 0 Å². The van der Waals surface area contributed by atoms with Crippen LogP contribution in [0.15, 0.2) is 36.4 Å². The molecule has 0 radical (unpaired) electrons. The van der Waals surface area contributed by atoms with Crippen LogP contribution in [0.1, 0.15) is 34.6 Å². The average molecular weight is 359 g/mol. The number of methoxy groups -OCH3 is 1. The van der Waals surface area contributed by atoms with Crippen LogP contribution in [-0.4, -0.2) is 37.3 Å². The van der Waals surface area contributed by atoms with Gasteiger partial charge in [-0.25, -0.2) is 4.79 Å². The van der Waals surface area contributed by atoms with E-state index >= 15 is 0 Å². The highest BCUT2D eigenvalue weighted by Crippen LogP contribution is 2.39. The van der Waals surface area contributed by atoms with Gasteiger partial charge in [0.15, 0.2) is 11.5 Å². The van der Waals surface area contributed by atoms with E-state index in [2.05, 4.69) is 5.32 Å². The molecule has 7 nitrogen and oxygen atoms in total. The molecule has 0 aromatic heterocycles. The Morgan fingerprint density at radius 1 is 0.962 bits per heavy atom. The molecule has 0 aliphatic heterocycles. The quantitative estimate of drug-likeness (QED) is 0.750. The highest BCUT2D eigenvalue weighted by molar-refractivity contribution is 6.05. The van der Waals surface area contributed by atoms with Gasteiger partial charge in [0.2, 0.25) is 5.75 Å². The Bertz CT molecular complexity index is 785. The Labute approximate surface area is 151 Å².